The summed E-state index contributed by atoms with van der Waals surface area (Å²) in [7, 11) is 1.95. The van der Waals surface area contributed by atoms with Crippen LogP contribution in [0.2, 0.25) is 0 Å². The van der Waals surface area contributed by atoms with Crippen LogP contribution >= 0.6 is 0 Å². The first-order valence-electron chi connectivity index (χ1n) is 7.51. The van der Waals surface area contributed by atoms with Gasteiger partial charge in [-0.05, 0) is 18.6 Å². The van der Waals surface area contributed by atoms with Gasteiger partial charge in [-0.1, -0.05) is 48.0 Å². The number of para-hydroxylation sites is 1. The Morgan fingerprint density at radius 1 is 1.18 bits per heavy atom. The van der Waals surface area contributed by atoms with Gasteiger partial charge in [0.25, 0.3) is 0 Å². The van der Waals surface area contributed by atoms with Gasteiger partial charge in [0.05, 0.1) is 17.3 Å². The van der Waals surface area contributed by atoms with E-state index in [2.05, 4.69) is 22.5 Å². The Bertz CT molecular complexity index is 779. The molecule has 0 aliphatic carbocycles. The van der Waals surface area contributed by atoms with Crippen molar-refractivity contribution in [3.8, 4) is 0 Å². The maximum Gasteiger partial charge on any atom is 0.0914 e. The van der Waals surface area contributed by atoms with Gasteiger partial charge in [-0.3, -0.25) is 4.68 Å². The normalized spacial score (nSPS) is 12.7. The van der Waals surface area contributed by atoms with Crippen LogP contribution in [0.1, 0.15) is 22.9 Å². The minimum absolute atomic E-state index is 0.505. The van der Waals surface area contributed by atoms with E-state index in [0.717, 1.165) is 27.7 Å². The van der Waals surface area contributed by atoms with Crippen molar-refractivity contribution in [3.63, 3.8) is 0 Å². The molecule has 1 unspecified atom stereocenters. The van der Waals surface area contributed by atoms with E-state index in [1.807, 2.05) is 55.1 Å². The molecular formula is C18H21N3O. The zero-order chi connectivity index (χ0) is 15.5. The van der Waals surface area contributed by atoms with Crippen molar-refractivity contribution in [1.29, 1.82) is 0 Å². The highest BCUT2D eigenvalue weighted by molar-refractivity contribution is 5.81. The lowest BCUT2D eigenvalue weighted by atomic mass is 10.1. The summed E-state index contributed by atoms with van der Waals surface area (Å²) in [6, 6.07) is 16.2. The second kappa shape index (κ2) is 6.30. The van der Waals surface area contributed by atoms with Crippen molar-refractivity contribution in [2.45, 2.75) is 19.6 Å². The first-order chi connectivity index (χ1) is 10.6. The van der Waals surface area contributed by atoms with E-state index in [9.17, 15) is 5.11 Å². The van der Waals surface area contributed by atoms with E-state index in [-0.39, 0.29) is 0 Å². The molecule has 1 heterocycles. The number of rotatable bonds is 5. The molecule has 1 aromatic heterocycles. The Labute approximate surface area is 130 Å². The van der Waals surface area contributed by atoms with Crippen LogP contribution in [0.3, 0.4) is 0 Å². The number of nitrogens with zero attached hydrogens (tertiary/aromatic N) is 2. The van der Waals surface area contributed by atoms with E-state index in [0.29, 0.717) is 13.1 Å². The maximum absolute atomic E-state index is 10.3. The summed E-state index contributed by atoms with van der Waals surface area (Å²) in [4.78, 5) is 0. The lowest BCUT2D eigenvalue weighted by Gasteiger charge is -2.12. The van der Waals surface area contributed by atoms with Crippen LogP contribution in [-0.4, -0.2) is 21.4 Å². The minimum Gasteiger partial charge on any atom is -0.387 e. The predicted octanol–water partition coefficient (Wildman–Crippen LogP) is 2.70. The van der Waals surface area contributed by atoms with Crippen molar-refractivity contribution in [2.24, 2.45) is 7.05 Å². The summed E-state index contributed by atoms with van der Waals surface area (Å²) >= 11 is 0. The van der Waals surface area contributed by atoms with E-state index in [4.69, 9.17) is 0 Å². The molecule has 3 aromatic rings. The fraction of sp³-hybridized carbons (Fsp3) is 0.278. The number of aromatic nitrogens is 2. The quantitative estimate of drug-likeness (QED) is 0.761. The molecule has 0 amide bonds. The van der Waals surface area contributed by atoms with Crippen LogP contribution in [0, 0.1) is 6.92 Å². The van der Waals surface area contributed by atoms with Gasteiger partial charge in [0.2, 0.25) is 0 Å². The highest BCUT2D eigenvalue weighted by Gasteiger charge is 2.10. The van der Waals surface area contributed by atoms with Gasteiger partial charge in [0, 0.05) is 25.5 Å². The van der Waals surface area contributed by atoms with Crippen molar-refractivity contribution in [2.75, 3.05) is 6.54 Å². The largest absolute Gasteiger partial charge is 0.387 e. The average Bonchev–Trinajstić information content (AvgIpc) is 2.84. The van der Waals surface area contributed by atoms with Gasteiger partial charge in [-0.2, -0.15) is 5.10 Å². The Kier molecular flexibility index (Phi) is 4.22. The Hall–Kier alpha value is -2.17. The smallest absolute Gasteiger partial charge is 0.0914 e. The highest BCUT2D eigenvalue weighted by atomic mass is 16.3. The molecule has 114 valence electrons. The number of aliphatic hydroxyl groups is 1. The monoisotopic (exact) mass is 295 g/mol. The second-order valence-electron chi connectivity index (χ2n) is 5.65. The minimum atomic E-state index is -0.505. The number of benzene rings is 2. The molecule has 4 heteroatoms. The molecule has 2 N–H and O–H groups in total. The summed E-state index contributed by atoms with van der Waals surface area (Å²) in [5.41, 5.74) is 4.23. The Morgan fingerprint density at radius 2 is 2.00 bits per heavy atom. The lowest BCUT2D eigenvalue weighted by molar-refractivity contribution is 0.174. The van der Waals surface area contributed by atoms with Crippen molar-refractivity contribution in [3.05, 3.63) is 65.4 Å². The molecule has 1 atom stereocenters. The molecule has 0 bridgehead atoms. The standard InChI is InChI=1S/C18H21N3O/c1-13-6-5-7-14(10-13)18(22)12-19-11-16-15-8-3-4-9-17(15)21(2)20-16/h3-10,18-19,22H,11-12H2,1-2H3. The van der Waals surface area contributed by atoms with E-state index >= 15 is 0 Å². The number of aliphatic hydroxyl groups excluding tert-OH is 1. The van der Waals surface area contributed by atoms with Crippen molar-refractivity contribution >= 4 is 10.9 Å². The number of nitrogens with one attached hydrogen (secondary N) is 1. The third kappa shape index (κ3) is 3.03. The van der Waals surface area contributed by atoms with Gasteiger partial charge < -0.3 is 10.4 Å². The maximum atomic E-state index is 10.3. The van der Waals surface area contributed by atoms with Gasteiger partial charge >= 0.3 is 0 Å². The molecule has 4 nitrogen and oxygen atoms in total. The number of hydrogen-bond acceptors (Lipinski definition) is 3. The number of hydrogen-bond donors (Lipinski definition) is 2. The summed E-state index contributed by atoms with van der Waals surface area (Å²) in [5.74, 6) is 0. The molecule has 0 aliphatic rings. The van der Waals surface area contributed by atoms with E-state index in [1.54, 1.807) is 0 Å². The third-order valence-corrected chi connectivity index (χ3v) is 3.89. The summed E-state index contributed by atoms with van der Waals surface area (Å²) < 4.78 is 1.89. The van der Waals surface area contributed by atoms with Gasteiger partial charge in [0.15, 0.2) is 0 Å². The molecule has 0 fully saturated rings. The summed E-state index contributed by atoms with van der Waals surface area (Å²) in [6.45, 7) is 3.18. The zero-order valence-electron chi connectivity index (χ0n) is 13.0. The fourth-order valence-electron chi connectivity index (χ4n) is 2.74. The Morgan fingerprint density at radius 3 is 2.82 bits per heavy atom. The lowest BCUT2D eigenvalue weighted by Crippen LogP contribution is -2.21. The molecule has 0 aliphatic heterocycles. The molecule has 3 rings (SSSR count). The third-order valence-electron chi connectivity index (χ3n) is 3.89. The van der Waals surface area contributed by atoms with Crippen LogP contribution in [0.4, 0.5) is 0 Å². The molecule has 22 heavy (non-hydrogen) atoms. The fourth-order valence-corrected chi connectivity index (χ4v) is 2.74. The van der Waals surface area contributed by atoms with Gasteiger partial charge in [0.1, 0.15) is 0 Å². The Balaban J connectivity index is 1.65. The van der Waals surface area contributed by atoms with Gasteiger partial charge in [-0.25, -0.2) is 0 Å². The number of fused-ring (bicyclic) bond motifs is 1. The molecule has 0 spiro atoms. The summed E-state index contributed by atoms with van der Waals surface area (Å²) in [5, 5.41) is 19.3. The number of aryl methyl sites for hydroxylation is 2. The molecule has 2 aromatic carbocycles. The SMILES string of the molecule is Cc1cccc(C(O)CNCc2nn(C)c3ccccc23)c1. The van der Waals surface area contributed by atoms with Crippen molar-refractivity contribution in [1.82, 2.24) is 15.1 Å². The zero-order valence-corrected chi connectivity index (χ0v) is 13.0. The molecule has 0 radical (unpaired) electrons. The van der Waals surface area contributed by atoms with Crippen LogP contribution in [0.5, 0.6) is 0 Å². The van der Waals surface area contributed by atoms with Crippen LogP contribution in [0.25, 0.3) is 10.9 Å². The second-order valence-corrected chi connectivity index (χ2v) is 5.65. The summed E-state index contributed by atoms with van der Waals surface area (Å²) in [6.07, 6.45) is -0.505. The first kappa shape index (κ1) is 14.8. The molecule has 0 saturated carbocycles. The van der Waals surface area contributed by atoms with Crippen LogP contribution < -0.4 is 5.32 Å². The van der Waals surface area contributed by atoms with E-state index < -0.39 is 6.10 Å². The molecular weight excluding hydrogens is 274 g/mol. The average molecular weight is 295 g/mol. The topological polar surface area (TPSA) is 50.1 Å². The van der Waals surface area contributed by atoms with E-state index in [1.165, 1.54) is 0 Å². The molecule has 0 saturated heterocycles. The van der Waals surface area contributed by atoms with Crippen LogP contribution in [-0.2, 0) is 13.6 Å². The van der Waals surface area contributed by atoms with Crippen molar-refractivity contribution < 1.29 is 5.11 Å². The predicted molar refractivity (Wildman–Crippen MR) is 88.6 cm³/mol. The van der Waals surface area contributed by atoms with Gasteiger partial charge in [-0.15, -0.1) is 0 Å². The first-order valence-corrected chi connectivity index (χ1v) is 7.51. The van der Waals surface area contributed by atoms with Crippen LogP contribution in [0.15, 0.2) is 48.5 Å². The highest BCUT2D eigenvalue weighted by Crippen LogP contribution is 2.18.